The van der Waals surface area contributed by atoms with E-state index in [4.69, 9.17) is 4.74 Å². The zero-order valence-corrected chi connectivity index (χ0v) is 18.5. The van der Waals surface area contributed by atoms with Gasteiger partial charge in [0.2, 0.25) is 15.9 Å². The van der Waals surface area contributed by atoms with Crippen molar-refractivity contribution < 1.29 is 17.9 Å². The summed E-state index contributed by atoms with van der Waals surface area (Å²) in [5, 5.41) is 2.94. The van der Waals surface area contributed by atoms with Crippen molar-refractivity contribution in [2.45, 2.75) is 19.4 Å². The third kappa shape index (κ3) is 5.73. The van der Waals surface area contributed by atoms with Crippen LogP contribution in [-0.2, 0) is 21.4 Å². The maximum absolute atomic E-state index is 12.7. The van der Waals surface area contributed by atoms with Gasteiger partial charge >= 0.3 is 0 Å². The molecule has 1 heterocycles. The SMILES string of the molecule is COc1cccc(CN2CCC(C(=O)Nc3cccc(N(C)S(C)(=O)=O)c3)CC2)c1. The van der Waals surface area contributed by atoms with Gasteiger partial charge in [-0.3, -0.25) is 14.0 Å². The van der Waals surface area contributed by atoms with Crippen LogP contribution in [0.25, 0.3) is 0 Å². The normalized spacial score (nSPS) is 15.6. The molecule has 0 bridgehead atoms. The number of carbonyl (C=O) groups excluding carboxylic acids is 1. The van der Waals surface area contributed by atoms with Gasteiger partial charge in [-0.15, -0.1) is 0 Å². The molecule has 7 nitrogen and oxygen atoms in total. The van der Waals surface area contributed by atoms with Gasteiger partial charge in [0.15, 0.2) is 0 Å². The largest absolute Gasteiger partial charge is 0.497 e. The van der Waals surface area contributed by atoms with Crippen molar-refractivity contribution in [3.05, 3.63) is 54.1 Å². The summed E-state index contributed by atoms with van der Waals surface area (Å²) in [6.07, 6.45) is 2.73. The van der Waals surface area contributed by atoms with Crippen LogP contribution in [0.2, 0.25) is 0 Å². The molecule has 2 aromatic rings. The minimum atomic E-state index is -3.35. The van der Waals surface area contributed by atoms with Crippen LogP contribution in [0.5, 0.6) is 5.75 Å². The van der Waals surface area contributed by atoms with E-state index >= 15 is 0 Å². The summed E-state index contributed by atoms with van der Waals surface area (Å²) < 4.78 is 30.0. The second kappa shape index (κ2) is 9.49. The van der Waals surface area contributed by atoms with Crippen LogP contribution in [0.1, 0.15) is 18.4 Å². The fraction of sp³-hybridized carbons (Fsp3) is 0.409. The molecule has 0 saturated carbocycles. The van der Waals surface area contributed by atoms with Crippen LogP contribution in [0.3, 0.4) is 0 Å². The Morgan fingerprint density at radius 1 is 1.17 bits per heavy atom. The molecule has 0 atom stereocenters. The van der Waals surface area contributed by atoms with Gasteiger partial charge in [-0.1, -0.05) is 18.2 Å². The maximum atomic E-state index is 12.7. The highest BCUT2D eigenvalue weighted by atomic mass is 32.2. The molecule has 0 unspecified atom stereocenters. The van der Waals surface area contributed by atoms with Crippen LogP contribution in [-0.4, -0.2) is 52.7 Å². The molecule has 1 aliphatic heterocycles. The summed E-state index contributed by atoms with van der Waals surface area (Å²) in [4.78, 5) is 15.1. The highest BCUT2D eigenvalue weighted by Gasteiger charge is 2.25. The van der Waals surface area contributed by atoms with Gasteiger partial charge < -0.3 is 10.1 Å². The maximum Gasteiger partial charge on any atom is 0.231 e. The first-order chi connectivity index (χ1) is 14.3. The zero-order chi connectivity index (χ0) is 21.7. The molecule has 3 rings (SSSR count). The number of hydrogen-bond donors (Lipinski definition) is 1. The van der Waals surface area contributed by atoms with E-state index in [0.717, 1.165) is 44.5 Å². The lowest BCUT2D eigenvalue weighted by atomic mass is 9.95. The topological polar surface area (TPSA) is 79.0 Å². The number of rotatable bonds is 7. The van der Waals surface area contributed by atoms with Gasteiger partial charge in [-0.05, 0) is 61.8 Å². The Labute approximate surface area is 178 Å². The smallest absolute Gasteiger partial charge is 0.231 e. The lowest BCUT2D eigenvalue weighted by Gasteiger charge is -2.31. The molecule has 30 heavy (non-hydrogen) atoms. The van der Waals surface area contributed by atoms with Crippen molar-refractivity contribution in [2.75, 3.05) is 43.1 Å². The number of carbonyl (C=O) groups is 1. The molecule has 1 N–H and O–H groups in total. The summed E-state index contributed by atoms with van der Waals surface area (Å²) in [5.41, 5.74) is 2.32. The van der Waals surface area contributed by atoms with Crippen LogP contribution < -0.4 is 14.4 Å². The van der Waals surface area contributed by atoms with Crippen LogP contribution in [0.15, 0.2) is 48.5 Å². The molecular formula is C22H29N3O4S. The van der Waals surface area contributed by atoms with Crippen molar-refractivity contribution in [2.24, 2.45) is 5.92 Å². The quantitative estimate of drug-likeness (QED) is 0.729. The van der Waals surface area contributed by atoms with Gasteiger partial charge in [0.05, 0.1) is 19.1 Å². The fourth-order valence-corrected chi connectivity index (χ4v) is 4.09. The first-order valence-corrected chi connectivity index (χ1v) is 11.8. The molecule has 8 heteroatoms. The van der Waals surface area contributed by atoms with Gasteiger partial charge in [0.1, 0.15) is 5.75 Å². The molecule has 0 spiro atoms. The molecule has 0 radical (unpaired) electrons. The average Bonchev–Trinajstić information content (AvgIpc) is 2.73. The molecule has 1 aliphatic rings. The van der Waals surface area contributed by atoms with Crippen molar-refractivity contribution in [1.29, 1.82) is 0 Å². The minimum absolute atomic E-state index is 0.0183. The Morgan fingerprint density at radius 3 is 2.53 bits per heavy atom. The molecule has 0 aliphatic carbocycles. The van der Waals surface area contributed by atoms with Gasteiger partial charge in [0.25, 0.3) is 0 Å². The summed E-state index contributed by atoms with van der Waals surface area (Å²) in [7, 11) is -0.192. The monoisotopic (exact) mass is 431 g/mol. The van der Waals surface area contributed by atoms with E-state index in [1.807, 2.05) is 18.2 Å². The zero-order valence-electron chi connectivity index (χ0n) is 17.7. The predicted octanol–water partition coefficient (Wildman–Crippen LogP) is 2.94. The average molecular weight is 432 g/mol. The Hall–Kier alpha value is -2.58. The second-order valence-corrected chi connectivity index (χ2v) is 9.69. The predicted molar refractivity (Wildman–Crippen MR) is 119 cm³/mol. The van der Waals surface area contributed by atoms with E-state index in [9.17, 15) is 13.2 Å². The van der Waals surface area contributed by atoms with Crippen molar-refractivity contribution in [1.82, 2.24) is 4.90 Å². The molecule has 1 fully saturated rings. The first-order valence-electron chi connectivity index (χ1n) is 9.96. The summed E-state index contributed by atoms with van der Waals surface area (Å²) >= 11 is 0. The number of benzene rings is 2. The van der Waals surface area contributed by atoms with E-state index in [0.29, 0.717) is 11.4 Å². The number of amides is 1. The number of anilines is 2. The number of nitrogens with zero attached hydrogens (tertiary/aromatic N) is 2. The Balaban J connectivity index is 1.54. The van der Waals surface area contributed by atoms with Gasteiger partial charge in [0, 0.05) is 25.2 Å². The van der Waals surface area contributed by atoms with Crippen LogP contribution in [0, 0.1) is 5.92 Å². The van der Waals surface area contributed by atoms with Crippen molar-refractivity contribution in [3.8, 4) is 5.75 Å². The first kappa shape index (κ1) is 22.1. The van der Waals surface area contributed by atoms with Crippen molar-refractivity contribution >= 4 is 27.3 Å². The molecular weight excluding hydrogens is 402 g/mol. The van der Waals surface area contributed by atoms with Crippen LogP contribution in [0.4, 0.5) is 11.4 Å². The molecule has 1 amide bonds. The van der Waals surface area contributed by atoms with E-state index < -0.39 is 10.0 Å². The second-order valence-electron chi connectivity index (χ2n) is 7.67. The number of hydrogen-bond acceptors (Lipinski definition) is 5. The number of ether oxygens (including phenoxy) is 1. The Kier molecular flexibility index (Phi) is 6.99. The Morgan fingerprint density at radius 2 is 1.87 bits per heavy atom. The minimum Gasteiger partial charge on any atom is -0.497 e. The van der Waals surface area contributed by atoms with E-state index in [1.54, 1.807) is 31.4 Å². The third-order valence-corrected chi connectivity index (χ3v) is 6.68. The third-order valence-electron chi connectivity index (χ3n) is 5.47. The fourth-order valence-electron chi connectivity index (χ4n) is 3.60. The lowest BCUT2D eigenvalue weighted by molar-refractivity contribution is -0.121. The van der Waals surface area contributed by atoms with Crippen LogP contribution >= 0.6 is 0 Å². The molecule has 1 saturated heterocycles. The van der Waals surface area contributed by atoms with Gasteiger partial charge in [-0.25, -0.2) is 8.42 Å². The lowest BCUT2D eigenvalue weighted by Crippen LogP contribution is -2.37. The molecule has 2 aromatic carbocycles. The number of nitrogens with one attached hydrogen (secondary N) is 1. The number of piperidine rings is 1. The van der Waals surface area contributed by atoms with Crippen molar-refractivity contribution in [3.63, 3.8) is 0 Å². The molecule has 0 aromatic heterocycles. The standard InChI is InChI=1S/C22H29N3O4S/c1-24(30(3,27)28)20-8-5-7-19(15-20)23-22(26)18-10-12-25(13-11-18)16-17-6-4-9-21(14-17)29-2/h4-9,14-15,18H,10-13,16H2,1-3H3,(H,23,26). The van der Waals surface area contributed by atoms with E-state index in [1.165, 1.54) is 16.9 Å². The van der Waals surface area contributed by atoms with E-state index in [2.05, 4.69) is 16.3 Å². The number of sulfonamides is 1. The number of likely N-dealkylation sites (tertiary alicyclic amines) is 1. The summed E-state index contributed by atoms with van der Waals surface area (Å²) in [5.74, 6) is 0.781. The summed E-state index contributed by atoms with van der Waals surface area (Å²) in [6, 6.07) is 14.9. The highest BCUT2D eigenvalue weighted by Crippen LogP contribution is 2.24. The Bertz CT molecular complexity index is 985. The number of methoxy groups -OCH3 is 1. The van der Waals surface area contributed by atoms with E-state index in [-0.39, 0.29) is 11.8 Å². The van der Waals surface area contributed by atoms with Gasteiger partial charge in [-0.2, -0.15) is 0 Å². The highest BCUT2D eigenvalue weighted by molar-refractivity contribution is 7.92. The summed E-state index contributed by atoms with van der Waals surface area (Å²) in [6.45, 7) is 2.55. The molecule has 162 valence electrons.